The number of benzene rings is 1. The minimum Gasteiger partial charge on any atom is -0.305 e. The zero-order valence-corrected chi connectivity index (χ0v) is 12.0. The van der Waals surface area contributed by atoms with E-state index in [1.807, 2.05) is 25.1 Å². The Morgan fingerprint density at radius 2 is 2.15 bits per heavy atom. The first-order chi connectivity index (χ1) is 9.52. The normalized spacial score (nSPS) is 20.6. The third kappa shape index (κ3) is 2.89. The van der Waals surface area contributed by atoms with Gasteiger partial charge in [0, 0.05) is 29.1 Å². The van der Waals surface area contributed by atoms with Crippen LogP contribution < -0.4 is 5.32 Å². The molecular formula is C15H16N2O2S. The van der Waals surface area contributed by atoms with Crippen LogP contribution in [0.2, 0.25) is 0 Å². The molecule has 2 aromatic rings. The minimum absolute atomic E-state index is 0.0909. The van der Waals surface area contributed by atoms with Gasteiger partial charge in [0.15, 0.2) is 9.84 Å². The SMILES string of the molecule is Cc1ccc2cc(CNC3C=CS(=O)(=O)C3)ccc2n1. The average Bonchev–Trinajstić information content (AvgIpc) is 2.76. The van der Waals surface area contributed by atoms with Gasteiger partial charge in [0.25, 0.3) is 0 Å². The lowest BCUT2D eigenvalue weighted by molar-refractivity contribution is 0.590. The Kier molecular flexibility index (Phi) is 3.31. The van der Waals surface area contributed by atoms with Crippen molar-refractivity contribution in [2.75, 3.05) is 5.75 Å². The number of aromatic nitrogens is 1. The minimum atomic E-state index is -2.99. The Hall–Kier alpha value is -1.72. The standard InChI is InChI=1S/C15H16N2O2S/c1-11-2-4-13-8-12(3-5-15(13)17-11)9-16-14-6-7-20(18,19)10-14/h2-8,14,16H,9-10H2,1H3. The van der Waals surface area contributed by atoms with E-state index in [1.54, 1.807) is 6.08 Å². The van der Waals surface area contributed by atoms with E-state index in [2.05, 4.69) is 22.4 Å². The van der Waals surface area contributed by atoms with Crippen LogP contribution in [-0.4, -0.2) is 25.2 Å². The lowest BCUT2D eigenvalue weighted by Gasteiger charge is -2.10. The molecule has 1 aromatic carbocycles. The van der Waals surface area contributed by atoms with Gasteiger partial charge in [-0.15, -0.1) is 0 Å². The smallest absolute Gasteiger partial charge is 0.173 e. The summed E-state index contributed by atoms with van der Waals surface area (Å²) in [5.41, 5.74) is 3.11. The third-order valence-electron chi connectivity index (χ3n) is 3.39. The number of pyridine rings is 1. The molecule has 0 amide bonds. The molecule has 5 heteroatoms. The third-order valence-corrected chi connectivity index (χ3v) is 4.79. The van der Waals surface area contributed by atoms with Crippen molar-refractivity contribution < 1.29 is 8.42 Å². The van der Waals surface area contributed by atoms with Gasteiger partial charge in [-0.1, -0.05) is 18.2 Å². The highest BCUT2D eigenvalue weighted by molar-refractivity contribution is 7.94. The first-order valence-electron chi connectivity index (χ1n) is 6.52. The van der Waals surface area contributed by atoms with Crippen LogP contribution >= 0.6 is 0 Å². The Morgan fingerprint density at radius 3 is 2.90 bits per heavy atom. The molecule has 104 valence electrons. The van der Waals surface area contributed by atoms with Crippen LogP contribution in [0.3, 0.4) is 0 Å². The molecule has 2 heterocycles. The molecule has 0 bridgehead atoms. The van der Waals surface area contributed by atoms with Crippen LogP contribution in [0.5, 0.6) is 0 Å². The fourth-order valence-corrected chi connectivity index (χ4v) is 3.61. The maximum Gasteiger partial charge on any atom is 0.173 e. The van der Waals surface area contributed by atoms with Crippen LogP contribution in [0, 0.1) is 6.92 Å². The van der Waals surface area contributed by atoms with Crippen molar-refractivity contribution in [3.8, 4) is 0 Å². The summed E-state index contributed by atoms with van der Waals surface area (Å²) in [6.07, 6.45) is 1.71. The summed E-state index contributed by atoms with van der Waals surface area (Å²) in [5, 5.41) is 5.63. The van der Waals surface area contributed by atoms with Crippen LogP contribution in [0.25, 0.3) is 10.9 Å². The highest BCUT2D eigenvalue weighted by Crippen LogP contribution is 2.15. The van der Waals surface area contributed by atoms with Crippen molar-refractivity contribution in [1.29, 1.82) is 0 Å². The second-order valence-corrected chi connectivity index (χ2v) is 7.06. The molecule has 1 unspecified atom stereocenters. The molecule has 1 atom stereocenters. The molecule has 3 rings (SSSR count). The van der Waals surface area contributed by atoms with Crippen LogP contribution in [0.15, 0.2) is 41.8 Å². The maximum atomic E-state index is 11.3. The Labute approximate surface area is 118 Å². The molecule has 1 N–H and O–H groups in total. The van der Waals surface area contributed by atoms with Crippen molar-refractivity contribution in [1.82, 2.24) is 10.3 Å². The van der Waals surface area contributed by atoms with Gasteiger partial charge in [0.2, 0.25) is 0 Å². The van der Waals surface area contributed by atoms with E-state index in [9.17, 15) is 8.42 Å². The van der Waals surface area contributed by atoms with Crippen molar-refractivity contribution in [2.45, 2.75) is 19.5 Å². The number of aryl methyl sites for hydroxylation is 1. The largest absolute Gasteiger partial charge is 0.305 e. The van der Waals surface area contributed by atoms with Crippen molar-refractivity contribution in [3.63, 3.8) is 0 Å². The predicted molar refractivity (Wildman–Crippen MR) is 80.0 cm³/mol. The fraction of sp³-hybridized carbons (Fsp3) is 0.267. The Morgan fingerprint density at radius 1 is 1.30 bits per heavy atom. The quantitative estimate of drug-likeness (QED) is 0.937. The summed E-state index contributed by atoms with van der Waals surface area (Å²) in [7, 11) is -2.99. The van der Waals surface area contributed by atoms with Crippen LogP contribution in [0.1, 0.15) is 11.3 Å². The average molecular weight is 288 g/mol. The van der Waals surface area contributed by atoms with E-state index in [1.165, 1.54) is 5.41 Å². The number of hydrogen-bond donors (Lipinski definition) is 1. The molecule has 0 saturated carbocycles. The van der Waals surface area contributed by atoms with E-state index in [-0.39, 0.29) is 11.8 Å². The molecule has 0 radical (unpaired) electrons. The molecule has 0 fully saturated rings. The Bertz CT molecular complexity index is 782. The number of sulfone groups is 1. The summed E-state index contributed by atoms with van der Waals surface area (Å²) >= 11 is 0. The van der Waals surface area contributed by atoms with E-state index >= 15 is 0 Å². The van der Waals surface area contributed by atoms with Gasteiger partial charge in [-0.25, -0.2) is 8.42 Å². The van der Waals surface area contributed by atoms with Gasteiger partial charge in [0.1, 0.15) is 0 Å². The first kappa shape index (κ1) is 13.3. The number of fused-ring (bicyclic) bond motifs is 1. The van der Waals surface area contributed by atoms with Gasteiger partial charge in [-0.2, -0.15) is 0 Å². The number of rotatable bonds is 3. The lowest BCUT2D eigenvalue weighted by atomic mass is 10.1. The number of hydrogen-bond acceptors (Lipinski definition) is 4. The zero-order chi connectivity index (χ0) is 14.2. The molecule has 0 aliphatic carbocycles. The van der Waals surface area contributed by atoms with Crippen molar-refractivity contribution >= 4 is 20.7 Å². The summed E-state index contributed by atoms with van der Waals surface area (Å²) < 4.78 is 22.6. The summed E-state index contributed by atoms with van der Waals surface area (Å²) in [4.78, 5) is 4.46. The second-order valence-electron chi connectivity index (χ2n) is 5.13. The van der Waals surface area contributed by atoms with Crippen molar-refractivity contribution in [2.24, 2.45) is 0 Å². The molecule has 0 saturated heterocycles. The second kappa shape index (κ2) is 5.00. The van der Waals surface area contributed by atoms with E-state index < -0.39 is 9.84 Å². The molecular weight excluding hydrogens is 272 g/mol. The Balaban J connectivity index is 1.72. The molecule has 1 aliphatic rings. The molecule has 4 nitrogen and oxygen atoms in total. The number of nitrogens with zero attached hydrogens (tertiary/aromatic N) is 1. The molecule has 1 aromatic heterocycles. The predicted octanol–water partition coefficient (Wildman–Crippen LogP) is 1.94. The maximum absolute atomic E-state index is 11.3. The topological polar surface area (TPSA) is 59.1 Å². The van der Waals surface area contributed by atoms with Gasteiger partial charge in [0.05, 0.1) is 11.3 Å². The van der Waals surface area contributed by atoms with E-state index in [0.29, 0.717) is 6.54 Å². The summed E-state index contributed by atoms with van der Waals surface area (Å²) in [5.74, 6) is 0.154. The lowest BCUT2D eigenvalue weighted by Crippen LogP contribution is -2.29. The molecule has 20 heavy (non-hydrogen) atoms. The molecule has 1 aliphatic heterocycles. The first-order valence-corrected chi connectivity index (χ1v) is 8.24. The van der Waals surface area contributed by atoms with E-state index in [4.69, 9.17) is 0 Å². The number of nitrogens with one attached hydrogen (secondary N) is 1. The van der Waals surface area contributed by atoms with E-state index in [0.717, 1.165) is 22.2 Å². The van der Waals surface area contributed by atoms with Gasteiger partial charge >= 0.3 is 0 Å². The monoisotopic (exact) mass is 288 g/mol. The molecule has 0 spiro atoms. The van der Waals surface area contributed by atoms with Gasteiger partial charge in [-0.05, 0) is 30.7 Å². The van der Waals surface area contributed by atoms with Crippen molar-refractivity contribution in [3.05, 3.63) is 53.1 Å². The fourth-order valence-electron chi connectivity index (χ4n) is 2.34. The highest BCUT2D eigenvalue weighted by Gasteiger charge is 2.20. The summed E-state index contributed by atoms with van der Waals surface area (Å²) in [6, 6.07) is 10.1. The zero-order valence-electron chi connectivity index (χ0n) is 11.2. The van der Waals surface area contributed by atoms with Crippen LogP contribution in [0.4, 0.5) is 0 Å². The van der Waals surface area contributed by atoms with Gasteiger partial charge in [-0.3, -0.25) is 4.98 Å². The highest BCUT2D eigenvalue weighted by atomic mass is 32.2. The van der Waals surface area contributed by atoms with Gasteiger partial charge < -0.3 is 5.32 Å². The summed E-state index contributed by atoms with van der Waals surface area (Å²) in [6.45, 7) is 2.62. The van der Waals surface area contributed by atoms with Crippen LogP contribution in [-0.2, 0) is 16.4 Å².